The van der Waals surface area contributed by atoms with Crippen molar-refractivity contribution in [1.82, 2.24) is 9.88 Å². The van der Waals surface area contributed by atoms with E-state index in [-0.39, 0.29) is 17.1 Å². The minimum absolute atomic E-state index is 0.163. The number of nitrogens with one attached hydrogen (secondary N) is 1. The molecule has 1 amide bonds. The zero-order valence-electron chi connectivity index (χ0n) is 11.8. The highest BCUT2D eigenvalue weighted by atomic mass is 16.5. The van der Waals surface area contributed by atoms with E-state index in [1.54, 1.807) is 4.90 Å². The number of pyridine rings is 1. The minimum Gasteiger partial charge on any atom is -0.491 e. The number of benzene rings is 1. The Labute approximate surface area is 122 Å². The van der Waals surface area contributed by atoms with E-state index < -0.39 is 0 Å². The predicted octanol–water partition coefficient (Wildman–Crippen LogP) is 1.58. The highest BCUT2D eigenvalue weighted by molar-refractivity contribution is 5.92. The third-order valence-electron chi connectivity index (χ3n) is 3.75. The number of hydrogen-bond acceptors (Lipinski definition) is 3. The van der Waals surface area contributed by atoms with Crippen LogP contribution in [0.1, 0.15) is 21.6 Å². The molecule has 0 atom stereocenters. The molecule has 21 heavy (non-hydrogen) atoms. The molecule has 1 aliphatic rings. The smallest absolute Gasteiger partial charge is 0.270 e. The fraction of sp³-hybridized carbons (Fsp3) is 0.250. The molecule has 0 fully saturated rings. The Morgan fingerprint density at radius 3 is 2.76 bits per heavy atom. The number of carbonyl (C=O) groups excluding carboxylic acids is 1. The number of fused-ring (bicyclic) bond motifs is 1. The van der Waals surface area contributed by atoms with Crippen molar-refractivity contribution in [1.29, 1.82) is 0 Å². The number of ether oxygens (including phenoxy) is 1. The van der Waals surface area contributed by atoms with Crippen LogP contribution in [0.5, 0.6) is 5.75 Å². The van der Waals surface area contributed by atoms with Gasteiger partial charge in [-0.1, -0.05) is 24.3 Å². The molecule has 0 aliphatic carbocycles. The summed E-state index contributed by atoms with van der Waals surface area (Å²) >= 11 is 0. The molecule has 5 nitrogen and oxygen atoms in total. The van der Waals surface area contributed by atoms with Gasteiger partial charge in [0.05, 0.1) is 7.11 Å². The van der Waals surface area contributed by atoms with Crippen LogP contribution >= 0.6 is 0 Å². The van der Waals surface area contributed by atoms with Crippen LogP contribution in [-0.2, 0) is 13.0 Å². The largest absolute Gasteiger partial charge is 0.491 e. The summed E-state index contributed by atoms with van der Waals surface area (Å²) in [6.07, 6.45) is 2.26. The highest BCUT2D eigenvalue weighted by Crippen LogP contribution is 2.19. The molecule has 108 valence electrons. The van der Waals surface area contributed by atoms with Gasteiger partial charge >= 0.3 is 0 Å². The van der Waals surface area contributed by atoms with Gasteiger partial charge in [-0.05, 0) is 17.5 Å². The van der Waals surface area contributed by atoms with Gasteiger partial charge in [0, 0.05) is 25.4 Å². The van der Waals surface area contributed by atoms with E-state index in [4.69, 9.17) is 4.74 Å². The summed E-state index contributed by atoms with van der Waals surface area (Å²) in [4.78, 5) is 28.8. The van der Waals surface area contributed by atoms with Crippen molar-refractivity contribution >= 4 is 5.91 Å². The average Bonchev–Trinajstić information content (AvgIpc) is 2.53. The first-order valence-corrected chi connectivity index (χ1v) is 6.82. The fourth-order valence-corrected chi connectivity index (χ4v) is 2.58. The molecular formula is C16H16N2O3. The molecule has 0 radical (unpaired) electrons. The molecule has 0 saturated carbocycles. The molecular weight excluding hydrogens is 268 g/mol. The Kier molecular flexibility index (Phi) is 3.48. The van der Waals surface area contributed by atoms with E-state index in [0.717, 1.165) is 12.0 Å². The zero-order chi connectivity index (χ0) is 14.8. The first-order chi connectivity index (χ1) is 10.2. The van der Waals surface area contributed by atoms with Crippen molar-refractivity contribution < 1.29 is 9.53 Å². The number of methoxy groups -OCH3 is 1. The van der Waals surface area contributed by atoms with Crippen LogP contribution in [0, 0.1) is 0 Å². The van der Waals surface area contributed by atoms with E-state index in [2.05, 4.69) is 11.1 Å². The second-order valence-corrected chi connectivity index (χ2v) is 5.02. The van der Waals surface area contributed by atoms with Crippen LogP contribution in [0.2, 0.25) is 0 Å². The normalized spacial score (nSPS) is 13.7. The van der Waals surface area contributed by atoms with Crippen molar-refractivity contribution in [2.45, 2.75) is 13.0 Å². The van der Waals surface area contributed by atoms with Gasteiger partial charge in [0.25, 0.3) is 5.91 Å². The lowest BCUT2D eigenvalue weighted by Gasteiger charge is -2.28. The maximum Gasteiger partial charge on any atom is 0.270 e. The van der Waals surface area contributed by atoms with Gasteiger partial charge in [-0.2, -0.15) is 0 Å². The molecule has 3 rings (SSSR count). The monoisotopic (exact) mass is 284 g/mol. The predicted molar refractivity (Wildman–Crippen MR) is 78.5 cm³/mol. The van der Waals surface area contributed by atoms with Crippen molar-refractivity contribution in [3.8, 4) is 5.75 Å². The summed E-state index contributed by atoms with van der Waals surface area (Å²) in [5.41, 5.74) is 2.44. The van der Waals surface area contributed by atoms with Gasteiger partial charge in [0.1, 0.15) is 5.69 Å². The summed E-state index contributed by atoms with van der Waals surface area (Å²) in [6, 6.07) is 9.40. The van der Waals surface area contributed by atoms with Crippen LogP contribution in [0.25, 0.3) is 0 Å². The van der Waals surface area contributed by atoms with E-state index in [1.165, 1.54) is 24.9 Å². The Hall–Kier alpha value is -2.56. The third-order valence-corrected chi connectivity index (χ3v) is 3.75. The molecule has 2 heterocycles. The summed E-state index contributed by atoms with van der Waals surface area (Å²) in [5.74, 6) is 0.0415. The van der Waals surface area contributed by atoms with Crippen LogP contribution in [0.15, 0.2) is 41.3 Å². The SMILES string of the molecule is COc1c[nH]c(C(=O)N2CCc3ccccc3C2)cc1=O. The van der Waals surface area contributed by atoms with Gasteiger partial charge in [0.15, 0.2) is 5.75 Å². The van der Waals surface area contributed by atoms with Gasteiger partial charge in [-0.15, -0.1) is 0 Å². The number of nitrogens with zero attached hydrogens (tertiary/aromatic N) is 1. The third kappa shape index (κ3) is 2.54. The number of aromatic amines is 1. The second kappa shape index (κ2) is 5.44. The second-order valence-electron chi connectivity index (χ2n) is 5.02. The molecule has 1 N–H and O–H groups in total. The molecule has 2 aromatic rings. The number of rotatable bonds is 2. The molecule has 0 saturated heterocycles. The lowest BCUT2D eigenvalue weighted by molar-refractivity contribution is 0.0728. The Balaban J connectivity index is 1.84. The molecule has 1 aliphatic heterocycles. The molecule has 1 aromatic heterocycles. The maximum atomic E-state index is 12.5. The van der Waals surface area contributed by atoms with Crippen molar-refractivity contribution in [3.05, 3.63) is 63.6 Å². The molecule has 0 bridgehead atoms. The first kappa shape index (κ1) is 13.4. The standard InChI is InChI=1S/C16H16N2O3/c1-21-15-9-17-13(8-14(15)19)16(20)18-7-6-11-4-2-3-5-12(11)10-18/h2-5,8-9H,6-7,10H2,1H3,(H,17,19). The summed E-state index contributed by atoms with van der Waals surface area (Å²) in [5, 5.41) is 0. The fourth-order valence-electron chi connectivity index (χ4n) is 2.58. The van der Waals surface area contributed by atoms with Crippen LogP contribution in [0.4, 0.5) is 0 Å². The maximum absolute atomic E-state index is 12.5. The zero-order valence-corrected chi connectivity index (χ0v) is 11.8. The summed E-state index contributed by atoms with van der Waals surface area (Å²) in [6.45, 7) is 1.23. The van der Waals surface area contributed by atoms with Crippen LogP contribution < -0.4 is 10.2 Å². The molecule has 0 spiro atoms. The summed E-state index contributed by atoms with van der Waals surface area (Å²) < 4.78 is 4.90. The molecule has 0 unspecified atom stereocenters. The number of carbonyl (C=O) groups is 1. The van der Waals surface area contributed by atoms with E-state index >= 15 is 0 Å². The number of hydrogen-bond donors (Lipinski definition) is 1. The molecule has 1 aromatic carbocycles. The minimum atomic E-state index is -0.294. The average molecular weight is 284 g/mol. The van der Waals surface area contributed by atoms with Gasteiger partial charge < -0.3 is 14.6 Å². The summed E-state index contributed by atoms with van der Waals surface area (Å²) in [7, 11) is 1.42. The lowest BCUT2D eigenvalue weighted by Crippen LogP contribution is -2.36. The van der Waals surface area contributed by atoms with Gasteiger partial charge in [0.2, 0.25) is 5.43 Å². The van der Waals surface area contributed by atoms with Crippen LogP contribution in [0.3, 0.4) is 0 Å². The topological polar surface area (TPSA) is 62.4 Å². The van der Waals surface area contributed by atoms with E-state index in [9.17, 15) is 9.59 Å². The number of aromatic nitrogens is 1. The van der Waals surface area contributed by atoms with E-state index in [1.807, 2.05) is 18.2 Å². The van der Waals surface area contributed by atoms with E-state index in [0.29, 0.717) is 18.8 Å². The lowest BCUT2D eigenvalue weighted by atomic mass is 10.00. The van der Waals surface area contributed by atoms with Crippen molar-refractivity contribution in [2.24, 2.45) is 0 Å². The molecule has 5 heteroatoms. The Morgan fingerprint density at radius 2 is 2.05 bits per heavy atom. The Bertz CT molecular complexity index is 736. The number of H-pyrrole nitrogens is 1. The van der Waals surface area contributed by atoms with Crippen molar-refractivity contribution in [2.75, 3.05) is 13.7 Å². The van der Waals surface area contributed by atoms with Crippen molar-refractivity contribution in [3.63, 3.8) is 0 Å². The van der Waals surface area contributed by atoms with Crippen LogP contribution in [-0.4, -0.2) is 29.4 Å². The first-order valence-electron chi connectivity index (χ1n) is 6.82. The number of amides is 1. The van der Waals surface area contributed by atoms with Gasteiger partial charge in [-0.25, -0.2) is 0 Å². The Morgan fingerprint density at radius 1 is 1.29 bits per heavy atom. The van der Waals surface area contributed by atoms with Gasteiger partial charge in [-0.3, -0.25) is 9.59 Å². The quantitative estimate of drug-likeness (QED) is 0.910. The highest BCUT2D eigenvalue weighted by Gasteiger charge is 2.22.